The van der Waals surface area contributed by atoms with E-state index in [2.05, 4.69) is 12.0 Å². The van der Waals surface area contributed by atoms with Gasteiger partial charge in [0.1, 0.15) is 5.15 Å². The Morgan fingerprint density at radius 1 is 1.33 bits per heavy atom. The number of hydrogen-bond acceptors (Lipinski definition) is 4. The Labute approximate surface area is 146 Å². The maximum atomic E-state index is 12.0. The van der Waals surface area contributed by atoms with E-state index in [1.54, 1.807) is 35.0 Å². The summed E-state index contributed by atoms with van der Waals surface area (Å²) in [6, 6.07) is 6.98. The van der Waals surface area contributed by atoms with E-state index >= 15 is 0 Å². The van der Waals surface area contributed by atoms with E-state index in [9.17, 15) is 4.79 Å². The molecule has 128 valence electrons. The minimum atomic E-state index is -0.503. The second-order valence-electron chi connectivity index (χ2n) is 5.27. The van der Waals surface area contributed by atoms with Gasteiger partial charge in [-0.3, -0.25) is 4.68 Å². The zero-order valence-electron chi connectivity index (χ0n) is 14.1. The SMILES string of the molecule is CCCCn1nc(C)c(C=CC(=O)Oc2ccccc2OC)c1Cl. The Morgan fingerprint density at radius 3 is 2.71 bits per heavy atom. The van der Waals surface area contributed by atoms with Crippen molar-refractivity contribution in [2.45, 2.75) is 33.2 Å². The maximum absolute atomic E-state index is 12.0. The summed E-state index contributed by atoms with van der Waals surface area (Å²) in [6.45, 7) is 4.73. The van der Waals surface area contributed by atoms with E-state index in [1.165, 1.54) is 13.2 Å². The average molecular weight is 349 g/mol. The number of aryl methyl sites for hydroxylation is 2. The van der Waals surface area contributed by atoms with Crippen LogP contribution < -0.4 is 9.47 Å². The fourth-order valence-electron chi connectivity index (χ4n) is 2.21. The molecular weight excluding hydrogens is 328 g/mol. The average Bonchev–Trinajstić information content (AvgIpc) is 2.85. The zero-order chi connectivity index (χ0) is 17.5. The molecule has 0 aliphatic carbocycles. The van der Waals surface area contributed by atoms with Crippen LogP contribution in [0.5, 0.6) is 11.5 Å². The fourth-order valence-corrected chi connectivity index (χ4v) is 2.53. The van der Waals surface area contributed by atoms with Crippen LogP contribution in [-0.4, -0.2) is 22.9 Å². The summed E-state index contributed by atoms with van der Waals surface area (Å²) in [5.41, 5.74) is 1.50. The maximum Gasteiger partial charge on any atom is 0.336 e. The number of halogens is 1. The largest absolute Gasteiger partial charge is 0.493 e. The number of ether oxygens (including phenoxy) is 2. The number of carbonyl (C=O) groups excluding carboxylic acids is 1. The summed E-state index contributed by atoms with van der Waals surface area (Å²) in [5, 5.41) is 4.93. The summed E-state index contributed by atoms with van der Waals surface area (Å²) in [7, 11) is 1.52. The van der Waals surface area contributed by atoms with Crippen LogP contribution in [-0.2, 0) is 11.3 Å². The van der Waals surface area contributed by atoms with Crippen LogP contribution in [0.3, 0.4) is 0 Å². The molecule has 5 nitrogen and oxygen atoms in total. The molecule has 0 atom stereocenters. The highest BCUT2D eigenvalue weighted by Gasteiger charge is 2.12. The first-order valence-electron chi connectivity index (χ1n) is 7.82. The van der Waals surface area contributed by atoms with Gasteiger partial charge in [0, 0.05) is 18.2 Å². The lowest BCUT2D eigenvalue weighted by molar-refractivity contribution is -0.129. The van der Waals surface area contributed by atoms with E-state index in [4.69, 9.17) is 21.1 Å². The van der Waals surface area contributed by atoms with Crippen LogP contribution in [0.2, 0.25) is 5.15 Å². The van der Waals surface area contributed by atoms with Gasteiger partial charge in [0.2, 0.25) is 0 Å². The number of methoxy groups -OCH3 is 1. The molecule has 6 heteroatoms. The van der Waals surface area contributed by atoms with Crippen LogP contribution >= 0.6 is 11.6 Å². The van der Waals surface area contributed by atoms with Crippen molar-refractivity contribution in [2.24, 2.45) is 0 Å². The molecule has 1 heterocycles. The molecule has 0 unspecified atom stereocenters. The van der Waals surface area contributed by atoms with Gasteiger partial charge in [-0.05, 0) is 31.6 Å². The summed E-state index contributed by atoms with van der Waals surface area (Å²) in [5.74, 6) is 0.369. The number of esters is 1. The van der Waals surface area contributed by atoms with Crippen LogP contribution in [0.4, 0.5) is 0 Å². The molecule has 0 spiro atoms. The summed E-state index contributed by atoms with van der Waals surface area (Å²) in [4.78, 5) is 12.0. The molecular formula is C18H21ClN2O3. The number of para-hydroxylation sites is 2. The molecule has 0 saturated heterocycles. The van der Waals surface area contributed by atoms with Crippen LogP contribution in [0.15, 0.2) is 30.3 Å². The molecule has 0 fully saturated rings. The normalized spacial score (nSPS) is 11.0. The van der Waals surface area contributed by atoms with E-state index in [-0.39, 0.29) is 0 Å². The van der Waals surface area contributed by atoms with Gasteiger partial charge in [-0.1, -0.05) is 37.1 Å². The Balaban J connectivity index is 2.10. The first-order valence-corrected chi connectivity index (χ1v) is 8.20. The predicted octanol–water partition coefficient (Wildman–Crippen LogP) is 4.27. The van der Waals surface area contributed by atoms with E-state index in [1.807, 2.05) is 6.92 Å². The molecule has 0 bridgehead atoms. The second-order valence-corrected chi connectivity index (χ2v) is 5.63. The number of benzene rings is 1. The molecule has 0 radical (unpaired) electrons. The van der Waals surface area contributed by atoms with Crippen molar-refractivity contribution in [3.63, 3.8) is 0 Å². The van der Waals surface area contributed by atoms with E-state index in [0.29, 0.717) is 16.7 Å². The third-order valence-electron chi connectivity index (χ3n) is 3.50. The van der Waals surface area contributed by atoms with Crippen molar-refractivity contribution < 1.29 is 14.3 Å². The lowest BCUT2D eigenvalue weighted by atomic mass is 10.2. The van der Waals surface area contributed by atoms with Crippen molar-refractivity contribution in [1.82, 2.24) is 9.78 Å². The number of carbonyl (C=O) groups is 1. The number of hydrogen-bond donors (Lipinski definition) is 0. The molecule has 0 saturated carbocycles. The number of nitrogens with zero attached hydrogens (tertiary/aromatic N) is 2. The number of aromatic nitrogens is 2. The molecule has 1 aromatic heterocycles. The molecule has 1 aromatic carbocycles. The Bertz CT molecular complexity index is 738. The Hall–Kier alpha value is -2.27. The second kappa shape index (κ2) is 8.55. The van der Waals surface area contributed by atoms with Gasteiger partial charge in [0.05, 0.1) is 12.8 Å². The van der Waals surface area contributed by atoms with Gasteiger partial charge >= 0.3 is 5.97 Å². The first kappa shape index (κ1) is 18.1. The monoisotopic (exact) mass is 348 g/mol. The van der Waals surface area contributed by atoms with Gasteiger partial charge in [0.15, 0.2) is 11.5 Å². The van der Waals surface area contributed by atoms with Crippen molar-refractivity contribution in [3.05, 3.63) is 46.8 Å². The van der Waals surface area contributed by atoms with Gasteiger partial charge in [-0.2, -0.15) is 5.10 Å². The number of rotatable bonds is 7. The lowest BCUT2D eigenvalue weighted by Crippen LogP contribution is -2.04. The molecule has 2 rings (SSSR count). The van der Waals surface area contributed by atoms with Crippen LogP contribution in [0, 0.1) is 6.92 Å². The molecule has 2 aromatic rings. The van der Waals surface area contributed by atoms with E-state index in [0.717, 1.165) is 30.6 Å². The summed E-state index contributed by atoms with van der Waals surface area (Å²) >= 11 is 6.33. The third-order valence-corrected chi connectivity index (χ3v) is 3.90. The fraction of sp³-hybridized carbons (Fsp3) is 0.333. The number of unbranched alkanes of at least 4 members (excludes halogenated alkanes) is 1. The quantitative estimate of drug-likeness (QED) is 0.426. The summed E-state index contributed by atoms with van der Waals surface area (Å²) < 4.78 is 12.2. The van der Waals surface area contributed by atoms with Gasteiger partial charge in [-0.15, -0.1) is 0 Å². The lowest BCUT2D eigenvalue weighted by Gasteiger charge is -2.06. The van der Waals surface area contributed by atoms with Gasteiger partial charge < -0.3 is 9.47 Å². The molecule has 24 heavy (non-hydrogen) atoms. The zero-order valence-corrected chi connectivity index (χ0v) is 14.8. The highest BCUT2D eigenvalue weighted by Crippen LogP contribution is 2.26. The smallest absolute Gasteiger partial charge is 0.336 e. The third kappa shape index (κ3) is 4.38. The molecule has 0 N–H and O–H groups in total. The van der Waals surface area contributed by atoms with Crippen LogP contribution in [0.25, 0.3) is 6.08 Å². The van der Waals surface area contributed by atoms with Gasteiger partial charge in [-0.25, -0.2) is 4.79 Å². The highest BCUT2D eigenvalue weighted by atomic mass is 35.5. The van der Waals surface area contributed by atoms with E-state index < -0.39 is 5.97 Å². The standard InChI is InChI=1S/C18H21ClN2O3/c1-4-5-12-21-18(19)14(13(2)20-21)10-11-17(22)24-16-9-7-6-8-15(16)23-3/h6-11H,4-5,12H2,1-3H3. The minimum Gasteiger partial charge on any atom is -0.493 e. The Morgan fingerprint density at radius 2 is 2.04 bits per heavy atom. The van der Waals surface area contributed by atoms with Crippen molar-refractivity contribution in [1.29, 1.82) is 0 Å². The Kier molecular flexibility index (Phi) is 6.44. The van der Waals surface area contributed by atoms with Gasteiger partial charge in [0.25, 0.3) is 0 Å². The highest BCUT2D eigenvalue weighted by molar-refractivity contribution is 6.31. The topological polar surface area (TPSA) is 53.4 Å². The van der Waals surface area contributed by atoms with Crippen LogP contribution in [0.1, 0.15) is 31.0 Å². The van der Waals surface area contributed by atoms with Crippen molar-refractivity contribution in [3.8, 4) is 11.5 Å². The van der Waals surface area contributed by atoms with Crippen molar-refractivity contribution in [2.75, 3.05) is 7.11 Å². The predicted molar refractivity (Wildman–Crippen MR) is 94.5 cm³/mol. The first-order chi connectivity index (χ1) is 11.6. The summed E-state index contributed by atoms with van der Waals surface area (Å²) in [6.07, 6.45) is 5.03. The minimum absolute atomic E-state index is 0.371. The van der Waals surface area contributed by atoms with Crippen molar-refractivity contribution >= 4 is 23.6 Å². The molecule has 0 aliphatic rings. The molecule has 0 aliphatic heterocycles. The molecule has 0 amide bonds.